The molecule has 0 unspecified atom stereocenters. The van der Waals surface area contributed by atoms with Gasteiger partial charge in [0.25, 0.3) is 0 Å². The Bertz CT molecular complexity index is 791. The summed E-state index contributed by atoms with van der Waals surface area (Å²) in [6.45, 7) is 17.2. The Morgan fingerprint density at radius 3 is 1.89 bits per heavy atom. The van der Waals surface area contributed by atoms with Crippen molar-refractivity contribution < 1.29 is 0 Å². The van der Waals surface area contributed by atoms with Crippen molar-refractivity contribution in [2.45, 2.75) is 103 Å². The molecule has 1 nitrogen and oxygen atoms in total. The maximum absolute atomic E-state index is 4.80. The molecule has 1 aliphatic carbocycles. The van der Waals surface area contributed by atoms with E-state index in [0.717, 1.165) is 17.4 Å². The summed E-state index contributed by atoms with van der Waals surface area (Å²) in [5, 5.41) is 0. The van der Waals surface area contributed by atoms with Gasteiger partial charge in [-0.3, -0.25) is 0 Å². The van der Waals surface area contributed by atoms with E-state index in [0.29, 0.717) is 0 Å². The van der Waals surface area contributed by atoms with Crippen molar-refractivity contribution in [3.63, 3.8) is 0 Å². The van der Waals surface area contributed by atoms with Gasteiger partial charge in [-0.1, -0.05) is 66.9 Å². The first kappa shape index (κ1) is 21.6. The molecule has 2 heteroatoms. The van der Waals surface area contributed by atoms with Crippen LogP contribution in [0.3, 0.4) is 0 Å². The molecule has 1 heterocycles. The van der Waals surface area contributed by atoms with Crippen LogP contribution in [0.15, 0.2) is 29.2 Å². The second-order valence-electron chi connectivity index (χ2n) is 10.9. The third kappa shape index (κ3) is 4.70. The predicted molar refractivity (Wildman–Crippen MR) is 126 cm³/mol. The van der Waals surface area contributed by atoms with Crippen LogP contribution in [0.1, 0.15) is 90.5 Å². The van der Waals surface area contributed by atoms with Gasteiger partial charge in [-0.25, -0.2) is 0 Å². The van der Waals surface area contributed by atoms with Crippen LogP contribution in [-0.4, -0.2) is 4.57 Å². The maximum atomic E-state index is 4.80. The molecular formula is C26H39NS. The maximum Gasteiger partial charge on any atom is 0.0494 e. The van der Waals surface area contributed by atoms with Gasteiger partial charge in [0, 0.05) is 22.8 Å². The third-order valence-corrected chi connectivity index (χ3v) is 6.92. The van der Waals surface area contributed by atoms with Crippen LogP contribution >= 0.6 is 12.6 Å². The van der Waals surface area contributed by atoms with Gasteiger partial charge in [-0.15, -0.1) is 12.6 Å². The van der Waals surface area contributed by atoms with E-state index < -0.39 is 0 Å². The summed E-state index contributed by atoms with van der Waals surface area (Å²) in [6, 6.07) is 9.52. The summed E-state index contributed by atoms with van der Waals surface area (Å²) in [5.74, 6) is 0.805. The van der Waals surface area contributed by atoms with Crippen molar-refractivity contribution in [2.24, 2.45) is 5.92 Å². The molecule has 0 aliphatic heterocycles. The van der Waals surface area contributed by atoms with E-state index in [-0.39, 0.29) is 10.8 Å². The van der Waals surface area contributed by atoms with E-state index in [9.17, 15) is 0 Å². The first-order valence-electron chi connectivity index (χ1n) is 11.0. The molecule has 1 aromatic heterocycles. The van der Waals surface area contributed by atoms with Gasteiger partial charge in [-0.05, 0) is 71.4 Å². The lowest BCUT2D eigenvalue weighted by atomic mass is 9.79. The van der Waals surface area contributed by atoms with E-state index in [2.05, 4.69) is 77.3 Å². The van der Waals surface area contributed by atoms with Crippen molar-refractivity contribution in [3.8, 4) is 11.3 Å². The predicted octanol–water partition coefficient (Wildman–Crippen LogP) is 7.93. The first-order chi connectivity index (χ1) is 13.0. The SMILES string of the molecule is Cc1c(S)cc(-c2cc(C(C)(C)C)cc(C(C)(C)C)c2)n1CC1CCCCC1. The average Bonchev–Trinajstić information content (AvgIpc) is 2.89. The number of nitrogens with zero attached hydrogens (tertiary/aromatic N) is 1. The van der Waals surface area contributed by atoms with E-state index in [1.54, 1.807) is 0 Å². The second kappa shape index (κ2) is 7.94. The normalized spacial score (nSPS) is 16.6. The minimum atomic E-state index is 0.135. The smallest absolute Gasteiger partial charge is 0.0494 e. The van der Waals surface area contributed by atoms with Gasteiger partial charge in [0.1, 0.15) is 0 Å². The topological polar surface area (TPSA) is 4.93 Å². The summed E-state index contributed by atoms with van der Waals surface area (Å²) in [7, 11) is 0. The fourth-order valence-electron chi connectivity index (χ4n) is 4.37. The Morgan fingerprint density at radius 2 is 1.39 bits per heavy atom. The Balaban J connectivity index is 2.11. The molecule has 3 rings (SSSR count). The molecule has 1 aromatic carbocycles. The fourth-order valence-corrected chi connectivity index (χ4v) is 4.62. The molecule has 0 saturated heterocycles. The van der Waals surface area contributed by atoms with Crippen molar-refractivity contribution in [1.29, 1.82) is 0 Å². The molecular weight excluding hydrogens is 358 g/mol. The Labute approximate surface area is 178 Å². The van der Waals surface area contributed by atoms with Gasteiger partial charge in [-0.2, -0.15) is 0 Å². The van der Waals surface area contributed by atoms with E-state index in [4.69, 9.17) is 12.6 Å². The van der Waals surface area contributed by atoms with E-state index in [1.165, 1.54) is 60.2 Å². The standard InChI is InChI=1S/C26H39NS/c1-18-24(28)16-23(27(18)17-19-11-9-8-10-12-19)20-13-21(25(2,3)4)15-22(14-20)26(5,6)7/h13-16,19,28H,8-12,17H2,1-7H3. The van der Waals surface area contributed by atoms with Gasteiger partial charge in [0.2, 0.25) is 0 Å². The fraction of sp³-hybridized carbons (Fsp3) is 0.615. The lowest BCUT2D eigenvalue weighted by Crippen LogP contribution is -2.18. The van der Waals surface area contributed by atoms with Crippen LogP contribution in [0.2, 0.25) is 0 Å². The molecule has 0 bridgehead atoms. The highest BCUT2D eigenvalue weighted by molar-refractivity contribution is 7.80. The van der Waals surface area contributed by atoms with Crippen molar-refractivity contribution in [2.75, 3.05) is 0 Å². The van der Waals surface area contributed by atoms with Crippen molar-refractivity contribution in [3.05, 3.63) is 41.1 Å². The molecule has 2 aromatic rings. The lowest BCUT2D eigenvalue weighted by Gasteiger charge is -2.27. The number of rotatable bonds is 3. The van der Waals surface area contributed by atoms with Crippen LogP contribution in [0.4, 0.5) is 0 Å². The summed E-state index contributed by atoms with van der Waals surface area (Å²) < 4.78 is 2.55. The Kier molecular flexibility index (Phi) is 6.11. The monoisotopic (exact) mass is 397 g/mol. The molecule has 0 spiro atoms. The zero-order valence-electron chi connectivity index (χ0n) is 19.0. The number of hydrogen-bond donors (Lipinski definition) is 1. The van der Waals surface area contributed by atoms with Gasteiger partial charge < -0.3 is 4.57 Å². The number of hydrogen-bond acceptors (Lipinski definition) is 1. The van der Waals surface area contributed by atoms with Crippen LogP contribution in [0.5, 0.6) is 0 Å². The minimum absolute atomic E-state index is 0.135. The van der Waals surface area contributed by atoms with Gasteiger partial charge in [0.05, 0.1) is 0 Å². The molecule has 1 fully saturated rings. The molecule has 0 amide bonds. The van der Waals surface area contributed by atoms with Crippen LogP contribution in [-0.2, 0) is 17.4 Å². The second-order valence-corrected chi connectivity index (χ2v) is 11.4. The van der Waals surface area contributed by atoms with Gasteiger partial charge >= 0.3 is 0 Å². The zero-order valence-corrected chi connectivity index (χ0v) is 19.9. The quantitative estimate of drug-likeness (QED) is 0.502. The summed E-state index contributed by atoms with van der Waals surface area (Å²) >= 11 is 4.80. The molecule has 1 saturated carbocycles. The number of aromatic nitrogens is 1. The molecule has 1 aliphatic rings. The molecule has 28 heavy (non-hydrogen) atoms. The molecule has 154 valence electrons. The summed E-state index contributed by atoms with van der Waals surface area (Å²) in [4.78, 5) is 1.12. The van der Waals surface area contributed by atoms with Crippen LogP contribution < -0.4 is 0 Å². The highest BCUT2D eigenvalue weighted by atomic mass is 32.1. The molecule has 0 radical (unpaired) electrons. The van der Waals surface area contributed by atoms with Crippen molar-refractivity contribution >= 4 is 12.6 Å². The Morgan fingerprint density at radius 1 is 0.857 bits per heavy atom. The van der Waals surface area contributed by atoms with E-state index >= 15 is 0 Å². The van der Waals surface area contributed by atoms with E-state index in [1.807, 2.05) is 0 Å². The molecule has 0 N–H and O–H groups in total. The highest BCUT2D eigenvalue weighted by Crippen LogP contribution is 2.37. The molecule has 0 atom stereocenters. The van der Waals surface area contributed by atoms with Gasteiger partial charge in [0.15, 0.2) is 0 Å². The number of benzene rings is 1. The van der Waals surface area contributed by atoms with Crippen LogP contribution in [0, 0.1) is 12.8 Å². The third-order valence-electron chi connectivity index (χ3n) is 6.47. The highest BCUT2D eigenvalue weighted by Gasteiger charge is 2.23. The number of thiol groups is 1. The largest absolute Gasteiger partial charge is 0.343 e. The minimum Gasteiger partial charge on any atom is -0.343 e. The lowest BCUT2D eigenvalue weighted by molar-refractivity contribution is 0.318. The average molecular weight is 398 g/mol. The summed E-state index contributed by atoms with van der Waals surface area (Å²) in [5.41, 5.74) is 7.09. The zero-order chi connectivity index (χ0) is 20.7. The van der Waals surface area contributed by atoms with Crippen molar-refractivity contribution in [1.82, 2.24) is 4.57 Å². The summed E-state index contributed by atoms with van der Waals surface area (Å²) in [6.07, 6.45) is 6.93. The Hall–Kier alpha value is -1.15. The first-order valence-corrected chi connectivity index (χ1v) is 11.5. The van der Waals surface area contributed by atoms with Crippen LogP contribution in [0.25, 0.3) is 11.3 Å².